The second kappa shape index (κ2) is 6.86. The number of benzene rings is 2. The Morgan fingerprint density at radius 3 is 2.73 bits per heavy atom. The topological polar surface area (TPSA) is 77.0 Å². The van der Waals surface area contributed by atoms with E-state index in [1.165, 1.54) is 16.4 Å². The molecule has 1 aliphatic heterocycles. The minimum Gasteiger partial charge on any atom is -0.336 e. The maximum absolute atomic E-state index is 13.1. The lowest BCUT2D eigenvalue weighted by molar-refractivity contribution is -0.115. The Labute approximate surface area is 163 Å². The molecule has 1 amide bonds. The van der Waals surface area contributed by atoms with Gasteiger partial charge >= 0.3 is 0 Å². The standard InChI is InChI=1S/C17H14ClN5OS2/c1-10-20-21-17(23(10)19)25-9-16(24)22-12-4-2-3-5-14(12)26-15-7-6-11(18)8-13(15)22/h2-8H,9,19H2,1H3. The molecule has 0 unspecified atom stereocenters. The van der Waals surface area contributed by atoms with Crippen LogP contribution in [-0.2, 0) is 4.79 Å². The van der Waals surface area contributed by atoms with Gasteiger partial charge in [-0.1, -0.05) is 47.3 Å². The molecular formula is C17H14ClN5OS2. The zero-order valence-electron chi connectivity index (χ0n) is 13.7. The lowest BCUT2D eigenvalue weighted by Crippen LogP contribution is -2.30. The summed E-state index contributed by atoms with van der Waals surface area (Å²) >= 11 is 9.06. The number of aryl methyl sites for hydroxylation is 1. The van der Waals surface area contributed by atoms with E-state index in [0.717, 1.165) is 21.2 Å². The van der Waals surface area contributed by atoms with Crippen LogP contribution in [0.15, 0.2) is 57.4 Å². The van der Waals surface area contributed by atoms with Crippen molar-refractivity contribution in [3.05, 3.63) is 53.3 Å². The zero-order valence-corrected chi connectivity index (χ0v) is 16.1. The van der Waals surface area contributed by atoms with Crippen LogP contribution in [0.2, 0.25) is 5.02 Å². The highest BCUT2D eigenvalue weighted by molar-refractivity contribution is 8.00. The number of amides is 1. The first-order valence-corrected chi connectivity index (χ1v) is 9.92. The Kier molecular flexibility index (Phi) is 4.56. The van der Waals surface area contributed by atoms with Crippen LogP contribution in [0, 0.1) is 6.92 Å². The summed E-state index contributed by atoms with van der Waals surface area (Å²) < 4.78 is 1.38. The van der Waals surface area contributed by atoms with Gasteiger partial charge in [0.2, 0.25) is 11.1 Å². The third-order valence-corrected chi connectivity index (χ3v) is 6.19. The van der Waals surface area contributed by atoms with E-state index in [1.54, 1.807) is 23.6 Å². The molecule has 2 N–H and O–H groups in total. The molecule has 0 radical (unpaired) electrons. The quantitative estimate of drug-likeness (QED) is 0.528. The Hall–Kier alpha value is -2.16. The highest BCUT2D eigenvalue weighted by Gasteiger charge is 2.28. The van der Waals surface area contributed by atoms with Crippen molar-refractivity contribution in [2.75, 3.05) is 16.5 Å². The number of halogens is 1. The number of para-hydroxylation sites is 1. The van der Waals surface area contributed by atoms with E-state index in [0.29, 0.717) is 16.0 Å². The van der Waals surface area contributed by atoms with E-state index in [9.17, 15) is 4.79 Å². The Morgan fingerprint density at radius 2 is 1.96 bits per heavy atom. The molecule has 2 aromatic carbocycles. The van der Waals surface area contributed by atoms with Crippen LogP contribution in [-0.4, -0.2) is 26.5 Å². The summed E-state index contributed by atoms with van der Waals surface area (Å²) in [4.78, 5) is 16.8. The van der Waals surface area contributed by atoms with Gasteiger partial charge in [0.25, 0.3) is 0 Å². The number of hydrogen-bond donors (Lipinski definition) is 1. The van der Waals surface area contributed by atoms with Crippen molar-refractivity contribution in [3.8, 4) is 0 Å². The summed E-state index contributed by atoms with van der Waals surface area (Å²) in [5.74, 6) is 6.56. The molecule has 1 aliphatic rings. The number of carbonyl (C=O) groups is 1. The zero-order chi connectivity index (χ0) is 18.3. The predicted octanol–water partition coefficient (Wildman–Crippen LogP) is 3.88. The first kappa shape index (κ1) is 17.3. The number of aromatic nitrogens is 3. The lowest BCUT2D eigenvalue weighted by atomic mass is 10.2. The number of nitrogens with zero attached hydrogens (tertiary/aromatic N) is 4. The fraction of sp³-hybridized carbons (Fsp3) is 0.118. The van der Waals surface area contributed by atoms with E-state index in [2.05, 4.69) is 10.2 Å². The van der Waals surface area contributed by atoms with E-state index in [4.69, 9.17) is 17.4 Å². The fourth-order valence-electron chi connectivity index (χ4n) is 2.64. The number of fused-ring (bicyclic) bond motifs is 2. The Balaban J connectivity index is 1.67. The molecule has 2 heterocycles. The minimum absolute atomic E-state index is 0.0769. The second-order valence-corrected chi connectivity index (χ2v) is 8.06. The Morgan fingerprint density at radius 1 is 1.19 bits per heavy atom. The van der Waals surface area contributed by atoms with Gasteiger partial charge in [-0.25, -0.2) is 4.68 Å². The molecule has 9 heteroatoms. The lowest BCUT2D eigenvalue weighted by Gasteiger charge is -2.31. The summed E-state index contributed by atoms with van der Waals surface area (Å²) in [7, 11) is 0. The molecule has 1 aromatic heterocycles. The van der Waals surface area contributed by atoms with Crippen molar-refractivity contribution in [3.63, 3.8) is 0 Å². The number of rotatable bonds is 3. The van der Waals surface area contributed by atoms with Gasteiger partial charge in [0.05, 0.1) is 17.1 Å². The fourth-order valence-corrected chi connectivity index (χ4v) is 4.59. The average molecular weight is 404 g/mol. The van der Waals surface area contributed by atoms with Crippen molar-refractivity contribution >= 4 is 52.4 Å². The summed E-state index contributed by atoms with van der Waals surface area (Å²) in [5.41, 5.74) is 1.64. The van der Waals surface area contributed by atoms with Gasteiger partial charge in [-0.3, -0.25) is 9.69 Å². The van der Waals surface area contributed by atoms with Gasteiger partial charge in [-0.2, -0.15) is 0 Å². The van der Waals surface area contributed by atoms with E-state index in [-0.39, 0.29) is 11.7 Å². The number of nitrogen functional groups attached to an aromatic ring is 1. The van der Waals surface area contributed by atoms with Crippen LogP contribution >= 0.6 is 35.1 Å². The molecule has 0 atom stereocenters. The maximum Gasteiger partial charge on any atom is 0.242 e. The van der Waals surface area contributed by atoms with Crippen LogP contribution in [0.5, 0.6) is 0 Å². The number of hydrogen-bond acceptors (Lipinski definition) is 6. The minimum atomic E-state index is -0.0769. The molecule has 26 heavy (non-hydrogen) atoms. The van der Waals surface area contributed by atoms with Crippen LogP contribution in [0.1, 0.15) is 5.82 Å². The third-order valence-electron chi connectivity index (χ3n) is 3.90. The van der Waals surface area contributed by atoms with Crippen molar-refractivity contribution < 1.29 is 4.79 Å². The number of thioether (sulfide) groups is 1. The summed E-state index contributed by atoms with van der Waals surface area (Å²) in [5, 5.41) is 8.99. The summed E-state index contributed by atoms with van der Waals surface area (Å²) in [6, 6.07) is 13.4. The van der Waals surface area contributed by atoms with Gasteiger partial charge in [0.1, 0.15) is 5.82 Å². The van der Waals surface area contributed by atoms with Gasteiger partial charge in [0, 0.05) is 14.8 Å². The van der Waals surface area contributed by atoms with Gasteiger partial charge in [-0.05, 0) is 37.3 Å². The summed E-state index contributed by atoms with van der Waals surface area (Å²) in [6.07, 6.45) is 0. The SMILES string of the molecule is Cc1nnc(SCC(=O)N2c3ccccc3Sc3ccc(Cl)cc32)n1N. The highest BCUT2D eigenvalue weighted by atomic mass is 35.5. The number of nitrogens with two attached hydrogens (primary N) is 1. The van der Waals surface area contributed by atoms with Crippen molar-refractivity contribution in [2.45, 2.75) is 21.9 Å². The molecule has 6 nitrogen and oxygen atoms in total. The molecule has 3 aromatic rings. The average Bonchev–Trinajstić information content (AvgIpc) is 2.96. The van der Waals surface area contributed by atoms with Gasteiger partial charge in [0.15, 0.2) is 0 Å². The molecular weight excluding hydrogens is 390 g/mol. The van der Waals surface area contributed by atoms with Crippen molar-refractivity contribution in [1.82, 2.24) is 14.9 Å². The first-order chi connectivity index (χ1) is 12.5. The van der Waals surface area contributed by atoms with E-state index < -0.39 is 0 Å². The largest absolute Gasteiger partial charge is 0.336 e. The third kappa shape index (κ3) is 3.04. The van der Waals surface area contributed by atoms with Crippen molar-refractivity contribution in [1.29, 1.82) is 0 Å². The highest BCUT2D eigenvalue weighted by Crippen LogP contribution is 2.48. The molecule has 0 fully saturated rings. The molecule has 0 spiro atoms. The smallest absolute Gasteiger partial charge is 0.242 e. The molecule has 0 saturated carbocycles. The number of carbonyl (C=O) groups excluding carboxylic acids is 1. The monoisotopic (exact) mass is 403 g/mol. The molecule has 0 saturated heterocycles. The van der Waals surface area contributed by atoms with Gasteiger partial charge < -0.3 is 5.84 Å². The van der Waals surface area contributed by atoms with Crippen LogP contribution in [0.25, 0.3) is 0 Å². The summed E-state index contributed by atoms with van der Waals surface area (Å²) in [6.45, 7) is 1.76. The van der Waals surface area contributed by atoms with E-state index in [1.807, 2.05) is 42.5 Å². The van der Waals surface area contributed by atoms with E-state index >= 15 is 0 Å². The second-order valence-electron chi connectivity index (χ2n) is 5.60. The first-order valence-electron chi connectivity index (χ1n) is 7.74. The van der Waals surface area contributed by atoms with Crippen molar-refractivity contribution in [2.24, 2.45) is 0 Å². The molecule has 4 rings (SSSR count). The molecule has 132 valence electrons. The molecule has 0 aliphatic carbocycles. The Bertz CT molecular complexity index is 1010. The predicted molar refractivity (Wildman–Crippen MR) is 105 cm³/mol. The number of anilines is 2. The molecule has 0 bridgehead atoms. The van der Waals surface area contributed by atoms with Crippen LogP contribution < -0.4 is 10.7 Å². The normalized spacial score (nSPS) is 12.6. The maximum atomic E-state index is 13.1. The van der Waals surface area contributed by atoms with Gasteiger partial charge in [-0.15, -0.1) is 10.2 Å². The van der Waals surface area contributed by atoms with Crippen LogP contribution in [0.4, 0.5) is 11.4 Å². The van der Waals surface area contributed by atoms with Crippen LogP contribution in [0.3, 0.4) is 0 Å².